The topological polar surface area (TPSA) is 95.5 Å². The normalized spacial score (nSPS) is 10.5. The molecule has 1 aromatic rings. The largest absolute Gasteiger partial charge is 0.481 e. The van der Waals surface area contributed by atoms with Crippen molar-refractivity contribution in [1.29, 1.82) is 0 Å². The lowest BCUT2D eigenvalue weighted by Gasteiger charge is -2.09. The summed E-state index contributed by atoms with van der Waals surface area (Å²) in [5.74, 6) is -0.986. The van der Waals surface area contributed by atoms with Crippen LogP contribution in [0.2, 0.25) is 0 Å². The standard InChI is InChI=1S/C18H26N2O4/c1-13(2)17(23)20-12-14-7-9-15(10-8-14)18(24)19-11-5-3-4-6-16(21)22/h7-10,13H,3-6,11-12H2,1-2H3,(H,19,24)(H,20,23)(H,21,22). The van der Waals surface area contributed by atoms with Crippen LogP contribution < -0.4 is 10.6 Å². The van der Waals surface area contributed by atoms with Crippen LogP contribution in [0.3, 0.4) is 0 Å². The molecule has 0 unspecified atom stereocenters. The Hall–Kier alpha value is -2.37. The Morgan fingerprint density at radius 3 is 2.25 bits per heavy atom. The van der Waals surface area contributed by atoms with Gasteiger partial charge in [0.25, 0.3) is 5.91 Å². The van der Waals surface area contributed by atoms with E-state index in [2.05, 4.69) is 10.6 Å². The van der Waals surface area contributed by atoms with Gasteiger partial charge in [-0.3, -0.25) is 14.4 Å². The maximum absolute atomic E-state index is 12.0. The van der Waals surface area contributed by atoms with Gasteiger partial charge in [-0.2, -0.15) is 0 Å². The van der Waals surface area contributed by atoms with Crippen molar-refractivity contribution in [3.05, 3.63) is 35.4 Å². The third-order valence-electron chi connectivity index (χ3n) is 3.56. The zero-order valence-electron chi connectivity index (χ0n) is 14.3. The molecule has 0 spiro atoms. The van der Waals surface area contributed by atoms with Crippen LogP contribution in [0.4, 0.5) is 0 Å². The summed E-state index contributed by atoms with van der Waals surface area (Å²) in [5.41, 5.74) is 1.51. The Morgan fingerprint density at radius 1 is 1.00 bits per heavy atom. The molecule has 1 aromatic carbocycles. The van der Waals surface area contributed by atoms with Crippen molar-refractivity contribution >= 4 is 17.8 Å². The number of rotatable bonds is 10. The smallest absolute Gasteiger partial charge is 0.303 e. The van der Waals surface area contributed by atoms with E-state index in [0.717, 1.165) is 18.4 Å². The molecule has 0 heterocycles. The first-order valence-corrected chi connectivity index (χ1v) is 8.26. The van der Waals surface area contributed by atoms with Crippen LogP contribution in [-0.2, 0) is 16.1 Å². The number of carbonyl (C=O) groups is 3. The van der Waals surface area contributed by atoms with Crippen LogP contribution in [0, 0.1) is 5.92 Å². The summed E-state index contributed by atoms with van der Waals surface area (Å²) in [7, 11) is 0. The number of unbranched alkanes of at least 4 members (excludes halogenated alkanes) is 2. The quantitative estimate of drug-likeness (QED) is 0.572. The Morgan fingerprint density at radius 2 is 1.67 bits per heavy atom. The van der Waals surface area contributed by atoms with Crippen molar-refractivity contribution in [2.24, 2.45) is 5.92 Å². The van der Waals surface area contributed by atoms with Gasteiger partial charge in [0.05, 0.1) is 0 Å². The molecule has 3 N–H and O–H groups in total. The van der Waals surface area contributed by atoms with Crippen LogP contribution in [-0.4, -0.2) is 29.4 Å². The molecule has 132 valence electrons. The lowest BCUT2D eigenvalue weighted by molar-refractivity contribution is -0.137. The number of benzene rings is 1. The van der Waals surface area contributed by atoms with Gasteiger partial charge < -0.3 is 15.7 Å². The van der Waals surface area contributed by atoms with E-state index >= 15 is 0 Å². The van der Waals surface area contributed by atoms with Gasteiger partial charge in [0.2, 0.25) is 5.91 Å². The summed E-state index contributed by atoms with van der Waals surface area (Å²) in [5, 5.41) is 14.2. The first-order chi connectivity index (χ1) is 11.4. The van der Waals surface area contributed by atoms with Crippen LogP contribution in [0.1, 0.15) is 55.5 Å². The van der Waals surface area contributed by atoms with Crippen molar-refractivity contribution in [2.45, 2.75) is 46.1 Å². The van der Waals surface area contributed by atoms with Gasteiger partial charge in [-0.05, 0) is 30.5 Å². The number of carboxylic acid groups (broad SMARTS) is 1. The van der Waals surface area contributed by atoms with E-state index < -0.39 is 5.97 Å². The highest BCUT2D eigenvalue weighted by atomic mass is 16.4. The Bertz CT molecular complexity index is 553. The fraction of sp³-hybridized carbons (Fsp3) is 0.500. The Labute approximate surface area is 142 Å². The highest BCUT2D eigenvalue weighted by Crippen LogP contribution is 2.05. The fourth-order valence-electron chi connectivity index (χ4n) is 2.05. The van der Waals surface area contributed by atoms with E-state index in [4.69, 9.17) is 5.11 Å². The first kappa shape index (κ1) is 19.7. The zero-order chi connectivity index (χ0) is 17.9. The Kier molecular flexibility index (Phi) is 8.54. The van der Waals surface area contributed by atoms with Gasteiger partial charge in [0.15, 0.2) is 0 Å². The number of aliphatic carboxylic acids is 1. The van der Waals surface area contributed by atoms with E-state index in [0.29, 0.717) is 25.1 Å². The van der Waals surface area contributed by atoms with Gasteiger partial charge in [-0.1, -0.05) is 32.4 Å². The molecule has 0 saturated carbocycles. The molecular formula is C18H26N2O4. The second kappa shape index (κ2) is 10.4. The molecule has 0 aromatic heterocycles. The number of carboxylic acids is 1. The highest BCUT2D eigenvalue weighted by Gasteiger charge is 2.07. The number of amides is 2. The van der Waals surface area contributed by atoms with E-state index in [1.165, 1.54) is 0 Å². The SMILES string of the molecule is CC(C)C(=O)NCc1ccc(C(=O)NCCCCCC(=O)O)cc1. The second-order valence-corrected chi connectivity index (χ2v) is 6.03. The summed E-state index contributed by atoms with van der Waals surface area (Å²) in [6.45, 7) is 4.65. The summed E-state index contributed by atoms with van der Waals surface area (Å²) in [6.07, 6.45) is 2.34. The van der Waals surface area contributed by atoms with Crippen molar-refractivity contribution in [2.75, 3.05) is 6.54 Å². The minimum Gasteiger partial charge on any atom is -0.481 e. The molecule has 0 fully saturated rings. The van der Waals surface area contributed by atoms with Crippen molar-refractivity contribution in [1.82, 2.24) is 10.6 Å². The molecule has 0 aliphatic heterocycles. The average molecular weight is 334 g/mol. The van der Waals surface area contributed by atoms with Gasteiger partial charge in [-0.15, -0.1) is 0 Å². The Balaban J connectivity index is 2.30. The minimum atomic E-state index is -0.788. The maximum Gasteiger partial charge on any atom is 0.303 e. The molecule has 6 nitrogen and oxygen atoms in total. The van der Waals surface area contributed by atoms with Crippen LogP contribution in [0.25, 0.3) is 0 Å². The van der Waals surface area contributed by atoms with E-state index in [1.807, 2.05) is 26.0 Å². The van der Waals surface area contributed by atoms with E-state index in [1.54, 1.807) is 12.1 Å². The minimum absolute atomic E-state index is 0.000261. The predicted molar refractivity (Wildman–Crippen MR) is 91.6 cm³/mol. The summed E-state index contributed by atoms with van der Waals surface area (Å²) < 4.78 is 0. The monoisotopic (exact) mass is 334 g/mol. The molecule has 0 saturated heterocycles. The average Bonchev–Trinajstić information content (AvgIpc) is 2.55. The molecule has 1 rings (SSSR count). The molecule has 24 heavy (non-hydrogen) atoms. The lowest BCUT2D eigenvalue weighted by Crippen LogP contribution is -2.27. The van der Waals surface area contributed by atoms with Gasteiger partial charge >= 0.3 is 5.97 Å². The molecule has 0 aliphatic carbocycles. The third-order valence-corrected chi connectivity index (χ3v) is 3.56. The molecule has 0 bridgehead atoms. The molecule has 0 atom stereocenters. The van der Waals surface area contributed by atoms with Crippen molar-refractivity contribution in [3.8, 4) is 0 Å². The van der Waals surface area contributed by atoms with Crippen LogP contribution in [0.5, 0.6) is 0 Å². The zero-order valence-corrected chi connectivity index (χ0v) is 14.3. The molecule has 0 aliphatic rings. The van der Waals surface area contributed by atoms with Gasteiger partial charge in [-0.25, -0.2) is 0 Å². The molecular weight excluding hydrogens is 308 g/mol. The summed E-state index contributed by atoms with van der Waals surface area (Å²) in [4.78, 5) is 33.9. The number of nitrogens with one attached hydrogen (secondary N) is 2. The molecule has 2 amide bonds. The van der Waals surface area contributed by atoms with Crippen LogP contribution >= 0.6 is 0 Å². The third kappa shape index (κ3) is 7.76. The summed E-state index contributed by atoms with van der Waals surface area (Å²) >= 11 is 0. The van der Waals surface area contributed by atoms with Gasteiger partial charge in [0, 0.05) is 31.0 Å². The highest BCUT2D eigenvalue weighted by molar-refractivity contribution is 5.94. The second-order valence-electron chi connectivity index (χ2n) is 6.03. The first-order valence-electron chi connectivity index (χ1n) is 8.26. The number of carbonyl (C=O) groups excluding carboxylic acids is 2. The van der Waals surface area contributed by atoms with Crippen molar-refractivity contribution in [3.63, 3.8) is 0 Å². The molecule has 6 heteroatoms. The molecule has 0 radical (unpaired) electrons. The lowest BCUT2D eigenvalue weighted by atomic mass is 10.1. The van der Waals surface area contributed by atoms with Gasteiger partial charge in [0.1, 0.15) is 0 Å². The van der Waals surface area contributed by atoms with E-state index in [9.17, 15) is 14.4 Å². The summed E-state index contributed by atoms with van der Waals surface area (Å²) in [6, 6.07) is 7.11. The number of hydrogen-bond donors (Lipinski definition) is 3. The fourth-order valence-corrected chi connectivity index (χ4v) is 2.05. The van der Waals surface area contributed by atoms with E-state index in [-0.39, 0.29) is 24.2 Å². The van der Waals surface area contributed by atoms with Crippen LogP contribution in [0.15, 0.2) is 24.3 Å². The van der Waals surface area contributed by atoms with Crippen molar-refractivity contribution < 1.29 is 19.5 Å². The number of hydrogen-bond acceptors (Lipinski definition) is 3. The predicted octanol–water partition coefficient (Wildman–Crippen LogP) is 2.33. The maximum atomic E-state index is 12.0.